The summed E-state index contributed by atoms with van der Waals surface area (Å²) < 4.78 is 6.31. The van der Waals surface area contributed by atoms with Crippen molar-refractivity contribution in [3.63, 3.8) is 0 Å². The van der Waals surface area contributed by atoms with Gasteiger partial charge in [-0.15, -0.1) is 11.3 Å². The fraction of sp³-hybridized carbons (Fsp3) is 0.407. The quantitative estimate of drug-likeness (QED) is 0.352. The lowest BCUT2D eigenvalue weighted by Gasteiger charge is -2.63. The molecule has 3 unspecified atom stereocenters. The number of ether oxygens (including phenoxy) is 1. The van der Waals surface area contributed by atoms with Crippen LogP contribution in [0.2, 0.25) is 0 Å². The van der Waals surface area contributed by atoms with Crippen LogP contribution in [0.1, 0.15) is 36.8 Å². The van der Waals surface area contributed by atoms with Gasteiger partial charge in [0, 0.05) is 30.1 Å². The van der Waals surface area contributed by atoms with E-state index in [9.17, 15) is 0 Å². The van der Waals surface area contributed by atoms with Crippen LogP contribution in [0.4, 0.5) is 5.13 Å². The minimum absolute atomic E-state index is 0.385. The summed E-state index contributed by atoms with van der Waals surface area (Å²) in [5.41, 5.74) is 8.16. The summed E-state index contributed by atoms with van der Waals surface area (Å²) in [6.45, 7) is 5.28. The van der Waals surface area contributed by atoms with E-state index < -0.39 is 0 Å². The van der Waals surface area contributed by atoms with Gasteiger partial charge in [-0.05, 0) is 75.1 Å². The molecule has 2 saturated carbocycles. The van der Waals surface area contributed by atoms with Crippen molar-refractivity contribution < 1.29 is 4.74 Å². The number of thiazole rings is 1. The Morgan fingerprint density at radius 1 is 1.12 bits per heavy atom. The monoisotopic (exact) mass is 473 g/mol. The summed E-state index contributed by atoms with van der Waals surface area (Å²) in [5.74, 6) is 4.14. The van der Waals surface area contributed by atoms with Crippen molar-refractivity contribution in [2.24, 2.45) is 16.8 Å². The van der Waals surface area contributed by atoms with E-state index in [1.165, 1.54) is 31.2 Å². The predicted molar refractivity (Wildman–Crippen MR) is 139 cm³/mol. The first-order valence-electron chi connectivity index (χ1n) is 12.1. The van der Waals surface area contributed by atoms with Crippen LogP contribution in [0, 0.1) is 25.7 Å². The lowest BCUT2D eigenvalue weighted by Crippen LogP contribution is -2.76. The summed E-state index contributed by atoms with van der Waals surface area (Å²) >= 11 is 1.58. The third kappa shape index (κ3) is 3.49. The lowest BCUT2D eigenvalue weighted by molar-refractivity contribution is -0.158. The Morgan fingerprint density at radius 2 is 1.97 bits per heavy atom. The molecule has 3 atom stereocenters. The predicted octanol–water partition coefficient (Wildman–Crippen LogP) is 6.00. The lowest BCUT2D eigenvalue weighted by atomic mass is 9.60. The number of hydrogen-bond acceptors (Lipinski definition) is 5. The van der Waals surface area contributed by atoms with Crippen LogP contribution in [0.3, 0.4) is 0 Å². The number of nitrogens with one attached hydrogen (secondary N) is 2. The number of para-hydroxylation sites is 1. The number of guanidine groups is 1. The summed E-state index contributed by atoms with van der Waals surface area (Å²) in [6, 6.07) is 14.3. The number of rotatable bonds is 5. The molecule has 1 saturated heterocycles. The number of aromatic nitrogens is 1. The molecule has 1 spiro atoms. The summed E-state index contributed by atoms with van der Waals surface area (Å²) in [4.78, 5) is 9.33. The zero-order valence-corrected chi connectivity index (χ0v) is 20.8. The fourth-order valence-corrected chi connectivity index (χ4v) is 6.81. The minimum atomic E-state index is 0.385. The average molecular weight is 474 g/mol. The van der Waals surface area contributed by atoms with Crippen molar-refractivity contribution in [1.82, 2.24) is 15.4 Å². The van der Waals surface area contributed by atoms with Gasteiger partial charge in [-0.2, -0.15) is 0 Å². The van der Waals surface area contributed by atoms with Gasteiger partial charge in [0.2, 0.25) is 5.96 Å². The average Bonchev–Trinajstić information content (AvgIpc) is 3.33. The van der Waals surface area contributed by atoms with Crippen molar-refractivity contribution >= 4 is 22.4 Å². The molecule has 6 nitrogen and oxygen atoms in total. The third-order valence-electron chi connectivity index (χ3n) is 7.98. The van der Waals surface area contributed by atoms with E-state index in [0.717, 1.165) is 57.8 Å². The Hall–Kier alpha value is -2.90. The van der Waals surface area contributed by atoms with Gasteiger partial charge in [0.25, 0.3) is 0 Å². The van der Waals surface area contributed by atoms with E-state index in [4.69, 9.17) is 9.72 Å². The highest BCUT2D eigenvalue weighted by molar-refractivity contribution is 7.14. The second kappa shape index (κ2) is 8.40. The maximum absolute atomic E-state index is 6.31. The first-order valence-corrected chi connectivity index (χ1v) is 13.0. The number of nitrogens with zero attached hydrogens (tertiary/aromatic N) is 3. The third-order valence-corrected chi connectivity index (χ3v) is 8.74. The van der Waals surface area contributed by atoms with Crippen LogP contribution >= 0.6 is 11.3 Å². The van der Waals surface area contributed by atoms with Gasteiger partial charge in [-0.1, -0.05) is 29.8 Å². The van der Waals surface area contributed by atoms with E-state index in [1.54, 1.807) is 11.3 Å². The Labute approximate surface area is 205 Å². The van der Waals surface area contributed by atoms with Gasteiger partial charge in [0.05, 0.1) is 5.69 Å². The topological polar surface area (TPSA) is 61.8 Å². The normalized spacial score (nSPS) is 25.7. The molecular formula is C27H31N5OS. The molecule has 2 aliphatic carbocycles. The number of aryl methyl sites for hydroxylation is 2. The molecular weight excluding hydrogens is 442 g/mol. The molecule has 7 heteroatoms. The fourth-order valence-electron chi connectivity index (χ4n) is 6.10. The second-order valence-corrected chi connectivity index (χ2v) is 10.7. The van der Waals surface area contributed by atoms with Crippen LogP contribution < -0.4 is 15.5 Å². The molecule has 6 rings (SSSR count). The Bertz CT molecular complexity index is 1250. The maximum Gasteiger partial charge on any atom is 0.212 e. The molecule has 1 aliphatic heterocycles. The molecule has 176 valence electrons. The largest absolute Gasteiger partial charge is 0.456 e. The zero-order chi connectivity index (χ0) is 23.3. The molecule has 3 aliphatic rings. The maximum atomic E-state index is 6.31. The number of hydrogen-bond donors (Lipinski definition) is 2. The zero-order valence-electron chi connectivity index (χ0n) is 20.0. The molecule has 2 aromatic carbocycles. The SMILES string of the molecule is CN=C(Nc1nc(-c2ccccc2Oc2ccc(C)cc2C)cs1)NN1CC2CCC3CCC321. The van der Waals surface area contributed by atoms with Crippen LogP contribution in [0.5, 0.6) is 11.5 Å². The molecule has 1 aromatic heterocycles. The Kier molecular flexibility index (Phi) is 5.34. The first kappa shape index (κ1) is 21.6. The highest BCUT2D eigenvalue weighted by Gasteiger charge is 2.66. The van der Waals surface area contributed by atoms with Gasteiger partial charge >= 0.3 is 0 Å². The van der Waals surface area contributed by atoms with Crippen molar-refractivity contribution in [3.05, 3.63) is 59.0 Å². The summed E-state index contributed by atoms with van der Waals surface area (Å²) in [5, 5.41) is 8.71. The van der Waals surface area contributed by atoms with E-state index in [2.05, 4.69) is 58.2 Å². The molecule has 0 amide bonds. The van der Waals surface area contributed by atoms with E-state index in [0.29, 0.717) is 5.54 Å². The molecule has 2 N–H and O–H groups in total. The molecule has 2 heterocycles. The van der Waals surface area contributed by atoms with Crippen LogP contribution in [-0.2, 0) is 0 Å². The second-order valence-electron chi connectivity index (χ2n) is 9.83. The summed E-state index contributed by atoms with van der Waals surface area (Å²) in [7, 11) is 1.82. The van der Waals surface area contributed by atoms with Crippen LogP contribution in [0.15, 0.2) is 52.8 Å². The molecule has 0 radical (unpaired) electrons. The van der Waals surface area contributed by atoms with Crippen molar-refractivity contribution in [2.45, 2.75) is 45.1 Å². The van der Waals surface area contributed by atoms with E-state index in [-0.39, 0.29) is 0 Å². The number of anilines is 1. The highest BCUT2D eigenvalue weighted by Crippen LogP contribution is 2.62. The van der Waals surface area contributed by atoms with Gasteiger partial charge in [0.15, 0.2) is 5.13 Å². The number of aliphatic imine (C=N–C) groups is 1. The van der Waals surface area contributed by atoms with Gasteiger partial charge in [-0.25, -0.2) is 9.99 Å². The Balaban J connectivity index is 1.17. The molecule has 3 aromatic rings. The smallest absolute Gasteiger partial charge is 0.212 e. The first-order chi connectivity index (χ1) is 16.6. The van der Waals surface area contributed by atoms with Crippen molar-refractivity contribution in [2.75, 3.05) is 18.9 Å². The number of benzene rings is 2. The van der Waals surface area contributed by atoms with Crippen molar-refractivity contribution in [3.8, 4) is 22.8 Å². The van der Waals surface area contributed by atoms with Crippen LogP contribution in [-0.4, -0.2) is 35.1 Å². The van der Waals surface area contributed by atoms with Gasteiger partial charge < -0.3 is 10.1 Å². The van der Waals surface area contributed by atoms with Crippen molar-refractivity contribution in [1.29, 1.82) is 0 Å². The number of hydrazine groups is 1. The standard InChI is InChI=1S/C27H31N5OS/c1-17-8-11-23(18(2)14-17)33-24-7-5-4-6-21(24)22-16-34-26(29-22)30-25(28-3)31-32-15-20-10-9-19-12-13-27(19,20)32/h4-8,11,14,16,19-20H,9-10,12-13,15H2,1-3H3,(H2,28,29,30,31). The molecule has 3 fully saturated rings. The highest BCUT2D eigenvalue weighted by atomic mass is 32.1. The van der Waals surface area contributed by atoms with E-state index >= 15 is 0 Å². The summed E-state index contributed by atoms with van der Waals surface area (Å²) in [6.07, 6.45) is 5.45. The van der Waals surface area contributed by atoms with Gasteiger partial charge in [0.1, 0.15) is 11.5 Å². The van der Waals surface area contributed by atoms with E-state index in [1.807, 2.05) is 31.3 Å². The Morgan fingerprint density at radius 3 is 2.74 bits per heavy atom. The minimum Gasteiger partial charge on any atom is -0.456 e. The van der Waals surface area contributed by atoms with Gasteiger partial charge in [-0.3, -0.25) is 10.4 Å². The molecule has 34 heavy (non-hydrogen) atoms. The van der Waals surface area contributed by atoms with Crippen LogP contribution in [0.25, 0.3) is 11.3 Å². The molecule has 0 bridgehead atoms.